The van der Waals surface area contributed by atoms with Gasteiger partial charge in [0.15, 0.2) is 0 Å². The van der Waals surface area contributed by atoms with Crippen LogP contribution in [-0.2, 0) is 4.79 Å². The van der Waals surface area contributed by atoms with Crippen molar-refractivity contribution in [1.29, 1.82) is 0 Å². The van der Waals surface area contributed by atoms with Crippen molar-refractivity contribution < 1.29 is 4.79 Å². The molecule has 2 saturated heterocycles. The maximum atomic E-state index is 12.0. The molecule has 126 valence electrons. The van der Waals surface area contributed by atoms with Gasteiger partial charge in [0.2, 0.25) is 5.91 Å². The number of hydrogen-bond donors (Lipinski definition) is 2. The van der Waals surface area contributed by atoms with E-state index >= 15 is 0 Å². The van der Waals surface area contributed by atoms with Crippen LogP contribution >= 0.6 is 24.8 Å². The highest BCUT2D eigenvalue weighted by molar-refractivity contribution is 5.85. The summed E-state index contributed by atoms with van der Waals surface area (Å²) >= 11 is 0. The maximum Gasteiger partial charge on any atom is 0.220 e. The van der Waals surface area contributed by atoms with Crippen molar-refractivity contribution in [1.82, 2.24) is 15.5 Å². The first-order valence-electron chi connectivity index (χ1n) is 7.96. The Labute approximate surface area is 141 Å². The maximum absolute atomic E-state index is 12.0. The number of halogens is 2. The fourth-order valence-corrected chi connectivity index (χ4v) is 3.26. The number of likely N-dealkylation sites (tertiary alicyclic amines) is 1. The van der Waals surface area contributed by atoms with Crippen molar-refractivity contribution in [2.45, 2.75) is 51.5 Å². The molecule has 0 bridgehead atoms. The lowest BCUT2D eigenvalue weighted by Gasteiger charge is -2.29. The predicted octanol–water partition coefficient (Wildman–Crippen LogP) is 2.21. The summed E-state index contributed by atoms with van der Waals surface area (Å²) in [4.78, 5) is 14.5. The molecule has 4 nitrogen and oxygen atoms in total. The molecule has 0 aromatic heterocycles. The van der Waals surface area contributed by atoms with E-state index in [0.717, 1.165) is 32.5 Å². The van der Waals surface area contributed by atoms with Crippen LogP contribution in [0, 0.1) is 5.92 Å². The highest BCUT2D eigenvalue weighted by Gasteiger charge is 2.19. The molecule has 6 heteroatoms. The zero-order valence-corrected chi connectivity index (χ0v) is 14.7. The molecule has 2 rings (SSSR count). The summed E-state index contributed by atoms with van der Waals surface area (Å²) < 4.78 is 0. The normalized spacial score (nSPS) is 21.8. The largest absolute Gasteiger partial charge is 0.352 e. The van der Waals surface area contributed by atoms with E-state index in [9.17, 15) is 4.79 Å². The minimum atomic E-state index is 0. The minimum absolute atomic E-state index is 0. The van der Waals surface area contributed by atoms with Crippen molar-refractivity contribution in [3.05, 3.63) is 0 Å². The van der Waals surface area contributed by atoms with Gasteiger partial charge in [0.1, 0.15) is 0 Å². The van der Waals surface area contributed by atoms with Gasteiger partial charge in [0, 0.05) is 19.0 Å². The van der Waals surface area contributed by atoms with Crippen LogP contribution in [-0.4, -0.2) is 49.6 Å². The van der Waals surface area contributed by atoms with Crippen LogP contribution in [0.2, 0.25) is 0 Å². The minimum Gasteiger partial charge on any atom is -0.352 e. The Bertz CT molecular complexity index is 280. The predicted molar refractivity (Wildman–Crippen MR) is 92.6 cm³/mol. The fraction of sp³-hybridized carbons (Fsp3) is 0.933. The molecule has 0 spiro atoms. The fourth-order valence-electron chi connectivity index (χ4n) is 3.26. The number of piperidine rings is 2. The number of carbonyl (C=O) groups is 1. The zero-order valence-electron chi connectivity index (χ0n) is 13.1. The summed E-state index contributed by atoms with van der Waals surface area (Å²) in [7, 11) is 0. The molecule has 0 aromatic rings. The van der Waals surface area contributed by atoms with Crippen LogP contribution in [0.15, 0.2) is 0 Å². The first-order valence-corrected chi connectivity index (χ1v) is 7.96. The Balaban J connectivity index is 0.00000200. The Morgan fingerprint density at radius 3 is 2.43 bits per heavy atom. The van der Waals surface area contributed by atoms with Gasteiger partial charge < -0.3 is 15.5 Å². The van der Waals surface area contributed by atoms with Gasteiger partial charge in [-0.2, -0.15) is 0 Å². The molecule has 21 heavy (non-hydrogen) atoms. The summed E-state index contributed by atoms with van der Waals surface area (Å²) in [6.07, 6.45) is 7.01. The number of rotatable bonds is 5. The summed E-state index contributed by atoms with van der Waals surface area (Å²) in [6.45, 7) is 7.69. The van der Waals surface area contributed by atoms with Crippen molar-refractivity contribution in [2.75, 3.05) is 32.7 Å². The molecule has 1 amide bonds. The van der Waals surface area contributed by atoms with Gasteiger partial charge in [-0.15, -0.1) is 24.8 Å². The first kappa shape index (κ1) is 21.0. The lowest BCUT2D eigenvalue weighted by atomic mass is 9.94. The van der Waals surface area contributed by atoms with Crippen LogP contribution in [0.25, 0.3) is 0 Å². The van der Waals surface area contributed by atoms with Crippen molar-refractivity contribution in [3.63, 3.8) is 0 Å². The number of hydrogen-bond acceptors (Lipinski definition) is 3. The Morgan fingerprint density at radius 1 is 1.19 bits per heavy atom. The highest BCUT2D eigenvalue weighted by Crippen LogP contribution is 2.15. The van der Waals surface area contributed by atoms with E-state index in [-0.39, 0.29) is 36.8 Å². The zero-order chi connectivity index (χ0) is 13.5. The van der Waals surface area contributed by atoms with E-state index < -0.39 is 0 Å². The molecule has 1 atom stereocenters. The monoisotopic (exact) mass is 339 g/mol. The number of carbonyl (C=O) groups excluding carboxylic acids is 1. The Kier molecular flexibility index (Phi) is 11.5. The van der Waals surface area contributed by atoms with Crippen LogP contribution in [0.4, 0.5) is 0 Å². The molecule has 2 aliphatic heterocycles. The van der Waals surface area contributed by atoms with Gasteiger partial charge in [0.25, 0.3) is 0 Å². The Morgan fingerprint density at radius 2 is 1.81 bits per heavy atom. The summed E-state index contributed by atoms with van der Waals surface area (Å²) in [5, 5.41) is 6.52. The third kappa shape index (κ3) is 8.24. The topological polar surface area (TPSA) is 44.4 Å². The summed E-state index contributed by atoms with van der Waals surface area (Å²) in [6, 6.07) is 0.285. The highest BCUT2D eigenvalue weighted by atomic mass is 35.5. The molecule has 2 aliphatic rings. The molecule has 0 radical (unpaired) electrons. The van der Waals surface area contributed by atoms with E-state index in [1.165, 1.54) is 32.4 Å². The number of nitrogens with one attached hydrogen (secondary N) is 2. The first-order chi connectivity index (χ1) is 9.24. The molecular weight excluding hydrogens is 309 g/mol. The van der Waals surface area contributed by atoms with E-state index in [4.69, 9.17) is 0 Å². The van der Waals surface area contributed by atoms with Crippen molar-refractivity contribution in [3.8, 4) is 0 Å². The quantitative estimate of drug-likeness (QED) is 0.807. The molecule has 0 saturated carbocycles. The van der Waals surface area contributed by atoms with Crippen LogP contribution in [0.5, 0.6) is 0 Å². The second-order valence-electron chi connectivity index (χ2n) is 6.23. The smallest absolute Gasteiger partial charge is 0.220 e. The van der Waals surface area contributed by atoms with Gasteiger partial charge in [-0.3, -0.25) is 4.79 Å². The van der Waals surface area contributed by atoms with Crippen LogP contribution in [0.3, 0.4) is 0 Å². The second-order valence-corrected chi connectivity index (χ2v) is 6.23. The average Bonchev–Trinajstić information content (AvgIpc) is 2.40. The van der Waals surface area contributed by atoms with Gasteiger partial charge >= 0.3 is 0 Å². The molecule has 0 aromatic carbocycles. The molecule has 2 heterocycles. The van der Waals surface area contributed by atoms with E-state index in [1.807, 2.05) is 0 Å². The molecule has 0 aliphatic carbocycles. The van der Waals surface area contributed by atoms with E-state index in [1.54, 1.807) is 0 Å². The van der Waals surface area contributed by atoms with Gasteiger partial charge in [-0.25, -0.2) is 0 Å². The van der Waals surface area contributed by atoms with Gasteiger partial charge in [-0.1, -0.05) is 6.42 Å². The number of amides is 1. The molecule has 2 N–H and O–H groups in total. The lowest BCUT2D eigenvalue weighted by Crippen LogP contribution is -2.44. The van der Waals surface area contributed by atoms with E-state index in [0.29, 0.717) is 12.3 Å². The Hall–Kier alpha value is -0.0300. The SMILES string of the molecule is CC(CN1CCCCC1)NC(=O)CC1CCNCC1.Cl.Cl. The van der Waals surface area contributed by atoms with Crippen LogP contribution < -0.4 is 10.6 Å². The van der Waals surface area contributed by atoms with Gasteiger partial charge in [-0.05, 0) is 64.7 Å². The van der Waals surface area contributed by atoms with Crippen molar-refractivity contribution in [2.24, 2.45) is 5.92 Å². The van der Waals surface area contributed by atoms with Crippen LogP contribution in [0.1, 0.15) is 45.4 Å². The lowest BCUT2D eigenvalue weighted by molar-refractivity contribution is -0.122. The number of nitrogens with zero attached hydrogens (tertiary/aromatic N) is 1. The van der Waals surface area contributed by atoms with Crippen molar-refractivity contribution >= 4 is 30.7 Å². The third-order valence-electron chi connectivity index (χ3n) is 4.32. The molecular formula is C15H31Cl2N3O. The second kappa shape index (κ2) is 11.5. The standard InChI is InChI=1S/C15H29N3O.2ClH/c1-13(12-18-9-3-2-4-10-18)17-15(19)11-14-5-7-16-8-6-14;;/h13-14,16H,2-12H2,1H3,(H,17,19);2*1H. The van der Waals surface area contributed by atoms with E-state index in [2.05, 4.69) is 22.5 Å². The average molecular weight is 340 g/mol. The third-order valence-corrected chi connectivity index (χ3v) is 4.32. The molecule has 1 unspecified atom stereocenters. The summed E-state index contributed by atoms with van der Waals surface area (Å²) in [5.41, 5.74) is 0. The molecule has 2 fully saturated rings. The van der Waals surface area contributed by atoms with Gasteiger partial charge in [0.05, 0.1) is 0 Å². The summed E-state index contributed by atoms with van der Waals surface area (Å²) in [5.74, 6) is 0.833.